The van der Waals surface area contributed by atoms with Crippen molar-refractivity contribution in [3.8, 4) is 11.5 Å². The number of piperidine rings is 1. The molecule has 0 saturated carbocycles. The van der Waals surface area contributed by atoms with Gasteiger partial charge in [0.15, 0.2) is 0 Å². The fraction of sp³-hybridized carbons (Fsp3) is 0.458. The maximum Gasteiger partial charge on any atom is 0.246 e. The number of carbonyl (C=O) groups is 1. The van der Waals surface area contributed by atoms with Gasteiger partial charge in [-0.3, -0.25) is 4.79 Å². The van der Waals surface area contributed by atoms with Gasteiger partial charge in [0.1, 0.15) is 23.0 Å². The Labute approximate surface area is 190 Å². The van der Waals surface area contributed by atoms with Gasteiger partial charge in [-0.2, -0.15) is 4.31 Å². The molecule has 2 aliphatic rings. The Balaban J connectivity index is 1.49. The number of amides is 1. The number of hydrogen-bond acceptors (Lipinski definition) is 5. The Hall–Kier alpha value is -2.58. The molecule has 32 heavy (non-hydrogen) atoms. The second kappa shape index (κ2) is 9.11. The predicted octanol–water partition coefficient (Wildman–Crippen LogP) is 3.64. The number of sulfonamides is 1. The van der Waals surface area contributed by atoms with Crippen molar-refractivity contribution >= 4 is 21.6 Å². The van der Waals surface area contributed by atoms with Gasteiger partial charge in [-0.25, -0.2) is 8.42 Å². The van der Waals surface area contributed by atoms with Crippen LogP contribution in [-0.4, -0.2) is 52.0 Å². The van der Waals surface area contributed by atoms with E-state index in [0.717, 1.165) is 11.3 Å². The molecule has 1 fully saturated rings. The predicted molar refractivity (Wildman–Crippen MR) is 123 cm³/mol. The summed E-state index contributed by atoms with van der Waals surface area (Å²) in [6, 6.07) is 12.9. The standard InChI is InChI=1S/C24H30N2O5S/c1-17(2)19-8-9-22(30-3)23(16-19)32(28,29)25-12-10-18(11-13-25)24(27)26-14-15-31-21-7-5-4-6-20(21)26/h4-9,16-18H,10-15H2,1-3H3. The molecule has 4 rings (SSSR count). The molecule has 1 amide bonds. The molecule has 0 bridgehead atoms. The van der Waals surface area contributed by atoms with Crippen LogP contribution in [0.2, 0.25) is 0 Å². The zero-order chi connectivity index (χ0) is 22.9. The Kier molecular flexibility index (Phi) is 6.44. The van der Waals surface area contributed by atoms with E-state index in [1.54, 1.807) is 17.0 Å². The van der Waals surface area contributed by atoms with Crippen LogP contribution in [0.4, 0.5) is 5.69 Å². The average Bonchev–Trinajstić information content (AvgIpc) is 2.82. The van der Waals surface area contributed by atoms with Crippen molar-refractivity contribution < 1.29 is 22.7 Å². The minimum atomic E-state index is -3.72. The number of rotatable bonds is 5. The number of hydrogen-bond donors (Lipinski definition) is 0. The Morgan fingerprint density at radius 2 is 1.81 bits per heavy atom. The van der Waals surface area contributed by atoms with Gasteiger partial charge in [-0.1, -0.05) is 32.0 Å². The van der Waals surface area contributed by atoms with Crippen LogP contribution in [0, 0.1) is 5.92 Å². The summed E-state index contributed by atoms with van der Waals surface area (Å²) in [7, 11) is -2.24. The number of para-hydroxylation sites is 2. The summed E-state index contributed by atoms with van der Waals surface area (Å²) in [5, 5.41) is 0. The third-order valence-corrected chi connectivity index (χ3v) is 8.19. The minimum Gasteiger partial charge on any atom is -0.495 e. The third kappa shape index (κ3) is 4.21. The minimum absolute atomic E-state index is 0.0391. The quantitative estimate of drug-likeness (QED) is 0.684. The summed E-state index contributed by atoms with van der Waals surface area (Å²) in [6.45, 7) is 5.63. The summed E-state index contributed by atoms with van der Waals surface area (Å²) in [4.78, 5) is 15.2. The summed E-state index contributed by atoms with van der Waals surface area (Å²) in [5.74, 6) is 1.09. The summed E-state index contributed by atoms with van der Waals surface area (Å²) in [5.41, 5.74) is 1.73. The van der Waals surface area contributed by atoms with E-state index in [1.807, 2.05) is 44.2 Å². The highest BCUT2D eigenvalue weighted by Gasteiger charge is 2.36. The van der Waals surface area contributed by atoms with Crippen molar-refractivity contribution in [2.45, 2.75) is 37.5 Å². The second-order valence-corrected chi connectivity index (χ2v) is 10.5. The van der Waals surface area contributed by atoms with Crippen LogP contribution in [0.1, 0.15) is 38.2 Å². The number of carbonyl (C=O) groups excluding carboxylic acids is 1. The molecule has 172 valence electrons. The molecule has 2 aliphatic heterocycles. The molecule has 0 atom stereocenters. The molecule has 2 aromatic rings. The van der Waals surface area contributed by atoms with Crippen LogP contribution in [0.3, 0.4) is 0 Å². The smallest absolute Gasteiger partial charge is 0.246 e. The van der Waals surface area contributed by atoms with E-state index in [2.05, 4.69) is 0 Å². The normalized spacial score (nSPS) is 17.7. The Morgan fingerprint density at radius 1 is 1.09 bits per heavy atom. The zero-order valence-corrected chi connectivity index (χ0v) is 19.6. The van der Waals surface area contributed by atoms with E-state index in [1.165, 1.54) is 11.4 Å². The van der Waals surface area contributed by atoms with E-state index >= 15 is 0 Å². The molecule has 0 N–H and O–H groups in total. The number of nitrogens with zero attached hydrogens (tertiary/aromatic N) is 2. The zero-order valence-electron chi connectivity index (χ0n) is 18.8. The number of fused-ring (bicyclic) bond motifs is 1. The van der Waals surface area contributed by atoms with E-state index in [0.29, 0.717) is 50.6 Å². The Bertz CT molecular complexity index is 1090. The lowest BCUT2D eigenvalue weighted by molar-refractivity contribution is -0.123. The monoisotopic (exact) mass is 458 g/mol. The largest absolute Gasteiger partial charge is 0.495 e. The lowest BCUT2D eigenvalue weighted by Crippen LogP contribution is -2.46. The van der Waals surface area contributed by atoms with Crippen LogP contribution in [-0.2, 0) is 14.8 Å². The molecular weight excluding hydrogens is 428 g/mol. The highest BCUT2D eigenvalue weighted by Crippen LogP contribution is 2.35. The van der Waals surface area contributed by atoms with E-state index in [-0.39, 0.29) is 22.6 Å². The number of ether oxygens (including phenoxy) is 2. The second-order valence-electron chi connectivity index (χ2n) is 8.55. The maximum atomic E-state index is 13.4. The molecule has 1 saturated heterocycles. The molecule has 2 aromatic carbocycles. The fourth-order valence-electron chi connectivity index (χ4n) is 4.36. The van der Waals surface area contributed by atoms with Gasteiger partial charge in [-0.05, 0) is 48.6 Å². The van der Waals surface area contributed by atoms with Crippen molar-refractivity contribution in [2.75, 3.05) is 38.3 Å². The Morgan fingerprint density at radius 3 is 2.50 bits per heavy atom. The topological polar surface area (TPSA) is 76.2 Å². The molecule has 0 aliphatic carbocycles. The van der Waals surface area contributed by atoms with Crippen LogP contribution in [0.25, 0.3) is 0 Å². The first-order valence-electron chi connectivity index (χ1n) is 11.0. The lowest BCUT2D eigenvalue weighted by Gasteiger charge is -2.36. The number of methoxy groups -OCH3 is 1. The third-order valence-electron chi connectivity index (χ3n) is 6.27. The summed E-state index contributed by atoms with van der Waals surface area (Å²) >= 11 is 0. The van der Waals surface area contributed by atoms with Crippen LogP contribution in [0.15, 0.2) is 47.4 Å². The molecular formula is C24H30N2O5S. The van der Waals surface area contributed by atoms with Crippen molar-refractivity contribution in [1.29, 1.82) is 0 Å². The van der Waals surface area contributed by atoms with Gasteiger partial charge in [0.2, 0.25) is 15.9 Å². The number of anilines is 1. The van der Waals surface area contributed by atoms with Crippen LogP contribution >= 0.6 is 0 Å². The highest BCUT2D eigenvalue weighted by atomic mass is 32.2. The SMILES string of the molecule is COc1ccc(C(C)C)cc1S(=O)(=O)N1CCC(C(=O)N2CCOc3ccccc32)CC1. The molecule has 7 nitrogen and oxygen atoms in total. The highest BCUT2D eigenvalue weighted by molar-refractivity contribution is 7.89. The number of benzene rings is 2. The molecule has 0 radical (unpaired) electrons. The molecule has 0 spiro atoms. The van der Waals surface area contributed by atoms with E-state index in [4.69, 9.17) is 9.47 Å². The van der Waals surface area contributed by atoms with Gasteiger partial charge >= 0.3 is 0 Å². The van der Waals surface area contributed by atoms with Gasteiger partial charge in [0.25, 0.3) is 0 Å². The lowest BCUT2D eigenvalue weighted by atomic mass is 9.96. The van der Waals surface area contributed by atoms with Crippen LogP contribution < -0.4 is 14.4 Å². The molecule has 8 heteroatoms. The van der Waals surface area contributed by atoms with Gasteiger partial charge in [0.05, 0.1) is 19.3 Å². The van der Waals surface area contributed by atoms with E-state index in [9.17, 15) is 13.2 Å². The van der Waals surface area contributed by atoms with Gasteiger partial charge < -0.3 is 14.4 Å². The average molecular weight is 459 g/mol. The summed E-state index contributed by atoms with van der Waals surface area (Å²) in [6.07, 6.45) is 0.980. The van der Waals surface area contributed by atoms with Gasteiger partial charge in [0, 0.05) is 19.0 Å². The first kappa shape index (κ1) is 22.6. The van der Waals surface area contributed by atoms with Crippen molar-refractivity contribution in [3.05, 3.63) is 48.0 Å². The first-order chi connectivity index (χ1) is 15.3. The van der Waals surface area contributed by atoms with Crippen LogP contribution in [0.5, 0.6) is 11.5 Å². The first-order valence-corrected chi connectivity index (χ1v) is 12.5. The van der Waals surface area contributed by atoms with Crippen molar-refractivity contribution in [3.63, 3.8) is 0 Å². The van der Waals surface area contributed by atoms with Crippen molar-refractivity contribution in [1.82, 2.24) is 4.31 Å². The fourth-order valence-corrected chi connectivity index (χ4v) is 6.02. The molecule has 0 aromatic heterocycles. The van der Waals surface area contributed by atoms with Crippen molar-refractivity contribution in [2.24, 2.45) is 5.92 Å². The summed E-state index contributed by atoms with van der Waals surface area (Å²) < 4.78 is 39.3. The van der Waals surface area contributed by atoms with Gasteiger partial charge in [-0.15, -0.1) is 0 Å². The molecule has 2 heterocycles. The molecule has 0 unspecified atom stereocenters. The van der Waals surface area contributed by atoms with E-state index < -0.39 is 10.0 Å². The maximum absolute atomic E-state index is 13.4.